The van der Waals surface area contributed by atoms with Crippen LogP contribution >= 0.6 is 0 Å². The second-order valence-corrected chi connectivity index (χ2v) is 6.13. The summed E-state index contributed by atoms with van der Waals surface area (Å²) in [6, 6.07) is 9.34. The van der Waals surface area contributed by atoms with Crippen LogP contribution in [0.5, 0.6) is 0 Å². The molecule has 0 atom stereocenters. The molecule has 1 N–H and O–H groups in total. The fraction of sp³-hybridized carbons (Fsp3) is 0.500. The zero-order valence-corrected chi connectivity index (χ0v) is 13.1. The van der Waals surface area contributed by atoms with Crippen LogP contribution in [0, 0.1) is 0 Å². The average molecular weight is 286 g/mol. The maximum absolute atomic E-state index is 11.9. The van der Waals surface area contributed by atoms with Gasteiger partial charge in [-0.25, -0.2) is 0 Å². The van der Waals surface area contributed by atoms with E-state index in [4.69, 9.17) is 0 Å². The van der Waals surface area contributed by atoms with Gasteiger partial charge in [-0.2, -0.15) is 0 Å². The Hall–Kier alpha value is -1.61. The Morgan fingerprint density at radius 1 is 1.38 bits per heavy atom. The zero-order chi connectivity index (χ0) is 15.2. The first-order valence-electron chi connectivity index (χ1n) is 7.80. The van der Waals surface area contributed by atoms with E-state index < -0.39 is 0 Å². The third-order valence-electron chi connectivity index (χ3n) is 3.89. The van der Waals surface area contributed by atoms with Crippen LogP contribution in [0.3, 0.4) is 0 Å². The number of amides is 1. The molecule has 0 aliphatic heterocycles. The van der Waals surface area contributed by atoms with Crippen LogP contribution < -0.4 is 5.32 Å². The summed E-state index contributed by atoms with van der Waals surface area (Å²) in [5.41, 5.74) is 2.64. The van der Waals surface area contributed by atoms with Crippen molar-refractivity contribution in [3.63, 3.8) is 0 Å². The Morgan fingerprint density at radius 3 is 2.57 bits per heavy atom. The maximum atomic E-state index is 11.9. The molecule has 1 aliphatic carbocycles. The molecule has 0 unspecified atom stereocenters. The van der Waals surface area contributed by atoms with Crippen molar-refractivity contribution in [3.8, 4) is 0 Å². The molecule has 0 spiro atoms. The van der Waals surface area contributed by atoms with Gasteiger partial charge in [-0.15, -0.1) is 6.58 Å². The highest BCUT2D eigenvalue weighted by molar-refractivity contribution is 5.78. The van der Waals surface area contributed by atoms with Gasteiger partial charge in [0.15, 0.2) is 0 Å². The lowest BCUT2D eigenvalue weighted by Crippen LogP contribution is -2.38. The number of benzene rings is 1. The Morgan fingerprint density at radius 2 is 2.05 bits per heavy atom. The summed E-state index contributed by atoms with van der Waals surface area (Å²) in [7, 11) is 0. The highest BCUT2D eigenvalue weighted by Gasteiger charge is 2.30. The first-order chi connectivity index (χ1) is 10.1. The number of rotatable bonds is 8. The van der Waals surface area contributed by atoms with Crippen molar-refractivity contribution >= 4 is 5.91 Å². The minimum Gasteiger partial charge on any atom is -0.352 e. The summed E-state index contributed by atoms with van der Waals surface area (Å²) in [6.45, 7) is 9.90. The molecule has 3 heteroatoms. The van der Waals surface area contributed by atoms with Crippen LogP contribution in [0.1, 0.15) is 43.7 Å². The second-order valence-electron chi connectivity index (χ2n) is 6.13. The SMILES string of the molecule is C=CCNC(=O)CN(Cc1ccc(C(C)C)cc1)C1CC1. The molecule has 114 valence electrons. The summed E-state index contributed by atoms with van der Waals surface area (Å²) < 4.78 is 0. The van der Waals surface area contributed by atoms with Gasteiger partial charge in [0.05, 0.1) is 6.54 Å². The molecule has 1 aromatic carbocycles. The molecule has 1 aromatic rings. The molecule has 0 bridgehead atoms. The summed E-state index contributed by atoms with van der Waals surface area (Å²) >= 11 is 0. The molecule has 1 amide bonds. The zero-order valence-electron chi connectivity index (χ0n) is 13.1. The largest absolute Gasteiger partial charge is 0.352 e. The van der Waals surface area contributed by atoms with E-state index in [0.29, 0.717) is 25.0 Å². The second kappa shape index (κ2) is 7.41. The van der Waals surface area contributed by atoms with Gasteiger partial charge in [-0.05, 0) is 29.9 Å². The van der Waals surface area contributed by atoms with E-state index in [1.54, 1.807) is 6.08 Å². The first-order valence-corrected chi connectivity index (χ1v) is 7.80. The normalized spacial score (nSPS) is 14.5. The van der Waals surface area contributed by atoms with Gasteiger partial charge in [0.2, 0.25) is 5.91 Å². The van der Waals surface area contributed by atoms with E-state index >= 15 is 0 Å². The molecule has 3 nitrogen and oxygen atoms in total. The van der Waals surface area contributed by atoms with E-state index in [-0.39, 0.29) is 5.91 Å². The predicted octanol–water partition coefficient (Wildman–Crippen LogP) is 3.08. The van der Waals surface area contributed by atoms with E-state index in [1.165, 1.54) is 24.0 Å². The fourth-order valence-electron chi connectivity index (χ4n) is 2.42. The van der Waals surface area contributed by atoms with Crippen LogP contribution in [0.4, 0.5) is 0 Å². The molecule has 0 saturated heterocycles. The lowest BCUT2D eigenvalue weighted by atomic mass is 10.0. The van der Waals surface area contributed by atoms with Crippen LogP contribution in [-0.2, 0) is 11.3 Å². The van der Waals surface area contributed by atoms with Crippen LogP contribution in [0.15, 0.2) is 36.9 Å². The standard InChI is InChI=1S/C18H26N2O/c1-4-11-19-18(21)13-20(17-9-10-17)12-15-5-7-16(8-6-15)14(2)3/h4-8,14,17H,1,9-13H2,2-3H3,(H,19,21). The highest BCUT2D eigenvalue weighted by Crippen LogP contribution is 2.28. The van der Waals surface area contributed by atoms with E-state index in [2.05, 4.69) is 54.9 Å². The molecule has 21 heavy (non-hydrogen) atoms. The van der Waals surface area contributed by atoms with Crippen LogP contribution in [-0.4, -0.2) is 29.9 Å². The molecule has 0 aromatic heterocycles. The van der Waals surface area contributed by atoms with Gasteiger partial charge in [0.1, 0.15) is 0 Å². The summed E-state index contributed by atoms with van der Waals surface area (Å²) in [6.07, 6.45) is 4.13. The molecular formula is C18H26N2O. The van der Waals surface area contributed by atoms with Crippen molar-refractivity contribution in [3.05, 3.63) is 48.0 Å². The average Bonchev–Trinajstić information content (AvgIpc) is 3.29. The maximum Gasteiger partial charge on any atom is 0.234 e. The first kappa shape index (κ1) is 15.8. The Balaban J connectivity index is 1.93. The number of hydrogen-bond acceptors (Lipinski definition) is 2. The molecular weight excluding hydrogens is 260 g/mol. The van der Waals surface area contributed by atoms with Crippen molar-refractivity contribution < 1.29 is 4.79 Å². The van der Waals surface area contributed by atoms with Crippen molar-refractivity contribution in [2.75, 3.05) is 13.1 Å². The Labute approximate surface area is 128 Å². The van der Waals surface area contributed by atoms with E-state index in [9.17, 15) is 4.79 Å². The summed E-state index contributed by atoms with van der Waals surface area (Å²) in [5, 5.41) is 2.86. The summed E-state index contributed by atoms with van der Waals surface area (Å²) in [5.74, 6) is 0.642. The minimum absolute atomic E-state index is 0.0839. The van der Waals surface area contributed by atoms with E-state index in [1.807, 2.05) is 0 Å². The predicted molar refractivity (Wildman–Crippen MR) is 87.2 cm³/mol. The molecule has 0 radical (unpaired) electrons. The Bertz CT molecular complexity index is 474. The summed E-state index contributed by atoms with van der Waals surface area (Å²) in [4.78, 5) is 14.2. The van der Waals surface area contributed by atoms with Crippen molar-refractivity contribution in [2.45, 2.75) is 45.2 Å². The number of nitrogens with zero attached hydrogens (tertiary/aromatic N) is 1. The van der Waals surface area contributed by atoms with Gasteiger partial charge in [-0.3, -0.25) is 9.69 Å². The van der Waals surface area contributed by atoms with Gasteiger partial charge in [0.25, 0.3) is 0 Å². The molecule has 1 fully saturated rings. The third-order valence-corrected chi connectivity index (χ3v) is 3.89. The minimum atomic E-state index is 0.0839. The smallest absolute Gasteiger partial charge is 0.234 e. The van der Waals surface area contributed by atoms with Crippen LogP contribution in [0.25, 0.3) is 0 Å². The third kappa shape index (κ3) is 5.01. The van der Waals surface area contributed by atoms with Gasteiger partial charge in [-0.1, -0.05) is 44.2 Å². The van der Waals surface area contributed by atoms with Crippen molar-refractivity contribution in [1.82, 2.24) is 10.2 Å². The van der Waals surface area contributed by atoms with Crippen molar-refractivity contribution in [2.24, 2.45) is 0 Å². The van der Waals surface area contributed by atoms with E-state index in [0.717, 1.165) is 6.54 Å². The monoisotopic (exact) mass is 286 g/mol. The van der Waals surface area contributed by atoms with Gasteiger partial charge in [0, 0.05) is 19.1 Å². The van der Waals surface area contributed by atoms with Crippen LogP contribution in [0.2, 0.25) is 0 Å². The van der Waals surface area contributed by atoms with Gasteiger partial charge >= 0.3 is 0 Å². The number of nitrogens with one attached hydrogen (secondary N) is 1. The molecule has 0 heterocycles. The number of carbonyl (C=O) groups excluding carboxylic acids is 1. The number of hydrogen-bond donors (Lipinski definition) is 1. The van der Waals surface area contributed by atoms with Crippen molar-refractivity contribution in [1.29, 1.82) is 0 Å². The van der Waals surface area contributed by atoms with Gasteiger partial charge < -0.3 is 5.32 Å². The lowest BCUT2D eigenvalue weighted by Gasteiger charge is -2.21. The fourth-order valence-corrected chi connectivity index (χ4v) is 2.42. The topological polar surface area (TPSA) is 32.3 Å². The number of carbonyl (C=O) groups is 1. The highest BCUT2D eigenvalue weighted by atomic mass is 16.2. The lowest BCUT2D eigenvalue weighted by molar-refractivity contribution is -0.122. The quantitative estimate of drug-likeness (QED) is 0.745. The Kier molecular flexibility index (Phi) is 5.57. The molecule has 2 rings (SSSR count). The molecule has 1 saturated carbocycles. The molecule has 1 aliphatic rings.